The number of ether oxygens (including phenoxy) is 1. The van der Waals surface area contributed by atoms with Crippen LogP contribution in [0.4, 0.5) is 11.4 Å². The average Bonchev–Trinajstić information content (AvgIpc) is 2.36. The van der Waals surface area contributed by atoms with Crippen LogP contribution in [-0.2, 0) is 5.41 Å². The van der Waals surface area contributed by atoms with E-state index in [1.807, 2.05) is 20.8 Å². The predicted octanol–water partition coefficient (Wildman–Crippen LogP) is 2.33. The number of anilines is 1. The van der Waals surface area contributed by atoms with Gasteiger partial charge < -0.3 is 14.7 Å². The van der Waals surface area contributed by atoms with Crippen molar-refractivity contribution in [3.05, 3.63) is 27.8 Å². The molecule has 0 radical (unpaired) electrons. The molecule has 0 heterocycles. The Labute approximate surface area is 119 Å². The van der Waals surface area contributed by atoms with Crippen LogP contribution in [-0.4, -0.2) is 37.3 Å². The molecule has 1 aromatic carbocycles. The van der Waals surface area contributed by atoms with Gasteiger partial charge in [0.15, 0.2) is 0 Å². The minimum Gasteiger partial charge on any atom is -0.496 e. The quantitative estimate of drug-likeness (QED) is 0.662. The van der Waals surface area contributed by atoms with Gasteiger partial charge in [-0.1, -0.05) is 20.8 Å². The highest BCUT2D eigenvalue weighted by Gasteiger charge is 2.26. The first-order chi connectivity index (χ1) is 9.22. The molecule has 20 heavy (non-hydrogen) atoms. The number of benzene rings is 1. The lowest BCUT2D eigenvalue weighted by Gasteiger charge is -2.25. The van der Waals surface area contributed by atoms with Crippen molar-refractivity contribution in [3.63, 3.8) is 0 Å². The van der Waals surface area contributed by atoms with Gasteiger partial charge in [0.05, 0.1) is 18.6 Å². The average molecular weight is 282 g/mol. The van der Waals surface area contributed by atoms with Gasteiger partial charge in [0.1, 0.15) is 11.4 Å². The molecule has 0 saturated heterocycles. The third-order valence-electron chi connectivity index (χ3n) is 3.15. The molecular formula is C14H22N2O4. The first-order valence-corrected chi connectivity index (χ1v) is 6.41. The van der Waals surface area contributed by atoms with Gasteiger partial charge in [-0.2, -0.15) is 0 Å². The second-order valence-corrected chi connectivity index (χ2v) is 5.69. The minimum atomic E-state index is -0.405. The van der Waals surface area contributed by atoms with Gasteiger partial charge in [0.25, 0.3) is 5.69 Å². The van der Waals surface area contributed by atoms with Crippen molar-refractivity contribution < 1.29 is 14.8 Å². The highest BCUT2D eigenvalue weighted by atomic mass is 16.6. The molecule has 0 unspecified atom stereocenters. The zero-order chi connectivity index (χ0) is 15.5. The molecule has 0 aliphatic carbocycles. The SMILES string of the molecule is COc1cc(N(C)CCO)c([N+](=O)[O-])cc1C(C)(C)C. The molecule has 1 N–H and O–H groups in total. The van der Waals surface area contributed by atoms with Gasteiger partial charge in [0.2, 0.25) is 0 Å². The predicted molar refractivity (Wildman–Crippen MR) is 78.7 cm³/mol. The Morgan fingerprint density at radius 2 is 2.00 bits per heavy atom. The number of rotatable bonds is 5. The number of hydrogen-bond donors (Lipinski definition) is 1. The van der Waals surface area contributed by atoms with Crippen molar-refractivity contribution in [2.75, 3.05) is 32.2 Å². The summed E-state index contributed by atoms with van der Waals surface area (Å²) in [5.74, 6) is 0.614. The molecule has 0 aliphatic rings. The lowest BCUT2D eigenvalue weighted by atomic mass is 9.85. The lowest BCUT2D eigenvalue weighted by molar-refractivity contribution is -0.384. The molecule has 6 heteroatoms. The van der Waals surface area contributed by atoms with Crippen LogP contribution in [0.5, 0.6) is 5.75 Å². The summed E-state index contributed by atoms with van der Waals surface area (Å²) in [7, 11) is 3.25. The van der Waals surface area contributed by atoms with Crippen LogP contribution in [0.2, 0.25) is 0 Å². The maximum absolute atomic E-state index is 11.3. The van der Waals surface area contributed by atoms with E-state index in [0.717, 1.165) is 5.56 Å². The van der Waals surface area contributed by atoms with E-state index in [-0.39, 0.29) is 17.7 Å². The molecule has 0 atom stereocenters. The fourth-order valence-electron chi connectivity index (χ4n) is 2.04. The molecule has 0 aliphatic heterocycles. The monoisotopic (exact) mass is 282 g/mol. The van der Waals surface area contributed by atoms with Crippen LogP contribution < -0.4 is 9.64 Å². The molecule has 0 amide bonds. The standard InChI is InChI=1S/C14H22N2O4/c1-14(2,3)10-8-12(16(18)19)11(9-13(10)20-5)15(4)6-7-17/h8-9,17H,6-7H2,1-5H3. The Morgan fingerprint density at radius 3 is 2.40 bits per heavy atom. The molecule has 0 fully saturated rings. The Morgan fingerprint density at radius 1 is 1.40 bits per heavy atom. The molecule has 1 aromatic rings. The summed E-state index contributed by atoms with van der Waals surface area (Å²) >= 11 is 0. The van der Waals surface area contributed by atoms with Crippen LogP contribution in [0.25, 0.3) is 0 Å². The molecule has 112 valence electrons. The third kappa shape index (κ3) is 3.39. The summed E-state index contributed by atoms with van der Waals surface area (Å²) in [6.07, 6.45) is 0. The Bertz CT molecular complexity index is 495. The van der Waals surface area contributed by atoms with Crippen molar-refractivity contribution in [3.8, 4) is 5.75 Å². The van der Waals surface area contributed by atoms with E-state index in [4.69, 9.17) is 9.84 Å². The van der Waals surface area contributed by atoms with Crippen LogP contribution in [0, 0.1) is 10.1 Å². The van der Waals surface area contributed by atoms with Crippen molar-refractivity contribution >= 4 is 11.4 Å². The summed E-state index contributed by atoms with van der Waals surface area (Å²) in [6.45, 7) is 6.18. The molecule has 6 nitrogen and oxygen atoms in total. The number of methoxy groups -OCH3 is 1. The third-order valence-corrected chi connectivity index (χ3v) is 3.15. The highest BCUT2D eigenvalue weighted by Crippen LogP contribution is 2.40. The van der Waals surface area contributed by atoms with E-state index < -0.39 is 4.92 Å². The maximum atomic E-state index is 11.3. The molecule has 0 aromatic heterocycles. The van der Waals surface area contributed by atoms with Crippen LogP contribution in [0.3, 0.4) is 0 Å². The molecular weight excluding hydrogens is 260 g/mol. The van der Waals surface area contributed by atoms with Gasteiger partial charge in [0, 0.05) is 31.3 Å². The lowest BCUT2D eigenvalue weighted by Crippen LogP contribution is -2.23. The molecule has 0 spiro atoms. The minimum absolute atomic E-state index is 0.0201. The van der Waals surface area contributed by atoms with Crippen LogP contribution >= 0.6 is 0 Å². The topological polar surface area (TPSA) is 75.8 Å². The van der Waals surface area contributed by atoms with Crippen molar-refractivity contribution in [2.24, 2.45) is 0 Å². The summed E-state index contributed by atoms with van der Waals surface area (Å²) < 4.78 is 5.36. The summed E-state index contributed by atoms with van der Waals surface area (Å²) in [4.78, 5) is 12.5. The number of nitro benzene ring substituents is 1. The van der Waals surface area contributed by atoms with E-state index in [0.29, 0.717) is 18.0 Å². The number of hydrogen-bond acceptors (Lipinski definition) is 5. The summed E-state index contributed by atoms with van der Waals surface area (Å²) in [5, 5.41) is 20.3. The summed E-state index contributed by atoms with van der Waals surface area (Å²) in [5.41, 5.74) is 0.984. The normalized spacial score (nSPS) is 11.3. The molecule has 1 rings (SSSR count). The van der Waals surface area contributed by atoms with E-state index in [9.17, 15) is 10.1 Å². The first-order valence-electron chi connectivity index (χ1n) is 6.41. The zero-order valence-electron chi connectivity index (χ0n) is 12.6. The Balaban J connectivity index is 3.49. The van der Waals surface area contributed by atoms with Crippen molar-refractivity contribution in [1.82, 2.24) is 0 Å². The van der Waals surface area contributed by atoms with Gasteiger partial charge in [-0.25, -0.2) is 0 Å². The second kappa shape index (κ2) is 6.09. The fraction of sp³-hybridized carbons (Fsp3) is 0.571. The van der Waals surface area contributed by atoms with Crippen molar-refractivity contribution in [2.45, 2.75) is 26.2 Å². The van der Waals surface area contributed by atoms with Gasteiger partial charge in [-0.3, -0.25) is 10.1 Å². The Hall–Kier alpha value is -1.82. The first kappa shape index (κ1) is 16.2. The van der Waals surface area contributed by atoms with Gasteiger partial charge in [-0.05, 0) is 5.41 Å². The number of nitro groups is 1. The van der Waals surface area contributed by atoms with Crippen molar-refractivity contribution in [1.29, 1.82) is 0 Å². The maximum Gasteiger partial charge on any atom is 0.293 e. The number of nitrogens with zero attached hydrogens (tertiary/aromatic N) is 2. The molecule has 0 bridgehead atoms. The zero-order valence-corrected chi connectivity index (χ0v) is 12.6. The van der Waals surface area contributed by atoms with E-state index in [2.05, 4.69) is 0 Å². The summed E-state index contributed by atoms with van der Waals surface area (Å²) in [6, 6.07) is 3.22. The molecule has 0 saturated carbocycles. The highest BCUT2D eigenvalue weighted by molar-refractivity contribution is 5.68. The largest absolute Gasteiger partial charge is 0.496 e. The van der Waals surface area contributed by atoms with Crippen LogP contribution in [0.1, 0.15) is 26.3 Å². The second-order valence-electron chi connectivity index (χ2n) is 5.69. The fourth-order valence-corrected chi connectivity index (χ4v) is 2.04. The number of aliphatic hydroxyl groups excluding tert-OH is 1. The van der Waals surface area contributed by atoms with E-state index >= 15 is 0 Å². The number of likely N-dealkylation sites (N-methyl/N-ethyl adjacent to an activating group) is 1. The van der Waals surface area contributed by atoms with Crippen LogP contribution in [0.15, 0.2) is 12.1 Å². The Kier molecular flexibility index (Phi) is 4.94. The van der Waals surface area contributed by atoms with Gasteiger partial charge >= 0.3 is 0 Å². The smallest absolute Gasteiger partial charge is 0.293 e. The van der Waals surface area contributed by atoms with Gasteiger partial charge in [-0.15, -0.1) is 0 Å². The van der Waals surface area contributed by atoms with E-state index in [1.54, 1.807) is 31.2 Å². The van der Waals surface area contributed by atoms with E-state index in [1.165, 1.54) is 0 Å². The number of aliphatic hydroxyl groups is 1.